The molecule has 0 spiro atoms. The molecule has 2 N–H and O–H groups in total. The summed E-state index contributed by atoms with van der Waals surface area (Å²) in [5.41, 5.74) is 0. The van der Waals surface area contributed by atoms with E-state index in [1.165, 1.54) is 19.3 Å². The molecule has 0 bridgehead atoms. The number of alkyl halides is 3. The van der Waals surface area contributed by atoms with E-state index < -0.39 is 18.6 Å². The lowest BCUT2D eigenvalue weighted by molar-refractivity contribution is -0.141. The van der Waals surface area contributed by atoms with Crippen molar-refractivity contribution in [2.24, 2.45) is 11.8 Å². The van der Waals surface area contributed by atoms with Gasteiger partial charge < -0.3 is 10.6 Å². The molecule has 2 aliphatic carbocycles. The number of hydrogen-bond acceptors (Lipinski definition) is 2. The second kappa shape index (κ2) is 8.72. The number of hydrogen-bond donors (Lipinski definition) is 2. The van der Waals surface area contributed by atoms with Gasteiger partial charge in [0.05, 0.1) is 0 Å². The van der Waals surface area contributed by atoms with Crippen molar-refractivity contribution in [2.45, 2.75) is 76.4 Å². The van der Waals surface area contributed by atoms with E-state index >= 15 is 0 Å². The van der Waals surface area contributed by atoms with E-state index in [2.05, 4.69) is 5.32 Å². The van der Waals surface area contributed by atoms with Crippen LogP contribution in [-0.2, 0) is 9.59 Å². The van der Waals surface area contributed by atoms with Crippen molar-refractivity contribution in [3.63, 3.8) is 0 Å². The van der Waals surface area contributed by atoms with Gasteiger partial charge in [-0.25, -0.2) is 0 Å². The van der Waals surface area contributed by atoms with Crippen molar-refractivity contribution < 1.29 is 22.8 Å². The minimum Gasteiger partial charge on any atom is -0.353 e. The summed E-state index contributed by atoms with van der Waals surface area (Å²) in [5.74, 6) is -0.340. The molecule has 4 nitrogen and oxygen atoms in total. The van der Waals surface area contributed by atoms with Crippen LogP contribution in [0.2, 0.25) is 0 Å². The molecule has 0 heterocycles. The quantitative estimate of drug-likeness (QED) is 0.801. The van der Waals surface area contributed by atoms with E-state index in [4.69, 9.17) is 0 Å². The Morgan fingerprint density at radius 2 is 1.54 bits per heavy atom. The summed E-state index contributed by atoms with van der Waals surface area (Å²) in [6.07, 6.45) is 4.48. The standard InChI is InChI=1S/C17H27F3N2O2/c18-17(19,20)11-21-16(24)13-6-8-14(9-7-13)22-15(23)10-12-4-2-1-3-5-12/h12-14H,1-11H2,(H,21,24)(H,22,23). The molecule has 24 heavy (non-hydrogen) atoms. The van der Waals surface area contributed by atoms with Gasteiger partial charge in [0.15, 0.2) is 0 Å². The normalized spacial score (nSPS) is 26.0. The van der Waals surface area contributed by atoms with Crippen molar-refractivity contribution in [1.29, 1.82) is 0 Å². The zero-order chi connectivity index (χ0) is 17.6. The molecule has 2 amide bonds. The fraction of sp³-hybridized carbons (Fsp3) is 0.882. The highest BCUT2D eigenvalue weighted by molar-refractivity contribution is 5.79. The summed E-state index contributed by atoms with van der Waals surface area (Å²) in [4.78, 5) is 23.8. The number of carbonyl (C=O) groups excluding carboxylic acids is 2. The first-order valence-electron chi connectivity index (χ1n) is 8.97. The number of carbonyl (C=O) groups is 2. The summed E-state index contributed by atoms with van der Waals surface area (Å²) < 4.78 is 36.4. The van der Waals surface area contributed by atoms with Crippen LogP contribution in [0.1, 0.15) is 64.2 Å². The molecule has 0 radical (unpaired) electrons. The maximum Gasteiger partial charge on any atom is 0.405 e. The van der Waals surface area contributed by atoms with Gasteiger partial charge in [-0.15, -0.1) is 0 Å². The number of amides is 2. The van der Waals surface area contributed by atoms with Gasteiger partial charge in [-0.05, 0) is 44.4 Å². The third-order valence-electron chi connectivity index (χ3n) is 5.12. The fourth-order valence-electron chi connectivity index (χ4n) is 3.77. The Morgan fingerprint density at radius 3 is 2.12 bits per heavy atom. The van der Waals surface area contributed by atoms with E-state index in [1.54, 1.807) is 0 Å². The molecule has 0 aromatic heterocycles. The number of halogens is 3. The van der Waals surface area contributed by atoms with Gasteiger partial charge in [-0.1, -0.05) is 19.3 Å². The van der Waals surface area contributed by atoms with Crippen molar-refractivity contribution in [1.82, 2.24) is 10.6 Å². The molecule has 2 rings (SSSR count). The van der Waals surface area contributed by atoms with Crippen molar-refractivity contribution >= 4 is 11.8 Å². The molecular weight excluding hydrogens is 321 g/mol. The predicted molar refractivity (Wildman–Crippen MR) is 84.1 cm³/mol. The first-order valence-corrected chi connectivity index (χ1v) is 8.97. The molecule has 0 aromatic rings. The zero-order valence-electron chi connectivity index (χ0n) is 14.0. The lowest BCUT2D eigenvalue weighted by Crippen LogP contribution is -2.43. The van der Waals surface area contributed by atoms with E-state index in [0.717, 1.165) is 12.8 Å². The van der Waals surface area contributed by atoms with Gasteiger partial charge in [-0.3, -0.25) is 9.59 Å². The van der Waals surface area contributed by atoms with Crippen molar-refractivity contribution in [3.05, 3.63) is 0 Å². The van der Waals surface area contributed by atoms with Crippen LogP contribution in [0.15, 0.2) is 0 Å². The van der Waals surface area contributed by atoms with Crippen LogP contribution in [0, 0.1) is 11.8 Å². The van der Waals surface area contributed by atoms with Gasteiger partial charge in [0.1, 0.15) is 6.54 Å². The monoisotopic (exact) mass is 348 g/mol. The highest BCUT2D eigenvalue weighted by atomic mass is 19.4. The number of rotatable bonds is 5. The van der Waals surface area contributed by atoms with E-state index in [9.17, 15) is 22.8 Å². The topological polar surface area (TPSA) is 58.2 Å². The third-order valence-corrected chi connectivity index (χ3v) is 5.12. The zero-order valence-corrected chi connectivity index (χ0v) is 14.0. The second-order valence-electron chi connectivity index (χ2n) is 7.16. The first kappa shape index (κ1) is 19.1. The molecule has 0 aromatic carbocycles. The highest BCUT2D eigenvalue weighted by Crippen LogP contribution is 2.28. The van der Waals surface area contributed by atoms with Gasteiger partial charge in [0.25, 0.3) is 0 Å². The molecule has 2 saturated carbocycles. The Hall–Kier alpha value is -1.27. The van der Waals surface area contributed by atoms with Crippen LogP contribution in [0.4, 0.5) is 13.2 Å². The molecule has 7 heteroatoms. The smallest absolute Gasteiger partial charge is 0.353 e. The van der Waals surface area contributed by atoms with Crippen molar-refractivity contribution in [3.8, 4) is 0 Å². The molecule has 0 atom stereocenters. The Labute approximate surface area is 140 Å². The maximum atomic E-state index is 12.1. The molecule has 0 unspecified atom stereocenters. The SMILES string of the molecule is O=C(CC1CCCCC1)NC1CCC(C(=O)NCC(F)(F)F)CC1. The maximum absolute atomic E-state index is 12.1. The largest absolute Gasteiger partial charge is 0.405 e. The van der Waals surface area contributed by atoms with E-state index in [0.29, 0.717) is 38.0 Å². The van der Waals surface area contributed by atoms with Crippen LogP contribution in [0.3, 0.4) is 0 Å². The average Bonchev–Trinajstić information content (AvgIpc) is 2.53. The molecule has 2 aliphatic rings. The van der Waals surface area contributed by atoms with Gasteiger partial charge in [-0.2, -0.15) is 13.2 Å². The van der Waals surface area contributed by atoms with Gasteiger partial charge in [0, 0.05) is 18.4 Å². The molecule has 0 saturated heterocycles. The van der Waals surface area contributed by atoms with Crippen molar-refractivity contribution in [2.75, 3.05) is 6.54 Å². The Kier molecular flexibility index (Phi) is 6.92. The fourth-order valence-corrected chi connectivity index (χ4v) is 3.77. The summed E-state index contributed by atoms with van der Waals surface area (Å²) in [6, 6.07) is 0.0488. The van der Waals surface area contributed by atoms with Crippen LogP contribution < -0.4 is 10.6 Å². The number of nitrogens with one attached hydrogen (secondary N) is 2. The van der Waals surface area contributed by atoms with Crippen LogP contribution in [0.25, 0.3) is 0 Å². The van der Waals surface area contributed by atoms with E-state index in [-0.39, 0.29) is 17.9 Å². The molecule has 2 fully saturated rings. The molecule has 0 aliphatic heterocycles. The van der Waals surface area contributed by atoms with Gasteiger partial charge in [0.2, 0.25) is 11.8 Å². The van der Waals surface area contributed by atoms with Crippen LogP contribution in [-0.4, -0.2) is 30.6 Å². The molecule has 138 valence electrons. The lowest BCUT2D eigenvalue weighted by Gasteiger charge is -2.29. The Balaban J connectivity index is 1.64. The Morgan fingerprint density at radius 1 is 0.917 bits per heavy atom. The van der Waals surface area contributed by atoms with Gasteiger partial charge >= 0.3 is 6.18 Å². The van der Waals surface area contributed by atoms with Crippen LogP contribution >= 0.6 is 0 Å². The molecular formula is C17H27F3N2O2. The first-order chi connectivity index (χ1) is 11.3. The summed E-state index contributed by atoms with van der Waals surface area (Å²) >= 11 is 0. The third kappa shape index (κ3) is 6.69. The minimum absolute atomic E-state index is 0.0488. The Bertz CT molecular complexity index is 426. The average molecular weight is 348 g/mol. The summed E-state index contributed by atoms with van der Waals surface area (Å²) in [6.45, 7) is -1.27. The van der Waals surface area contributed by atoms with E-state index in [1.807, 2.05) is 5.32 Å². The summed E-state index contributed by atoms with van der Waals surface area (Å²) in [5, 5.41) is 4.98. The highest BCUT2D eigenvalue weighted by Gasteiger charge is 2.31. The lowest BCUT2D eigenvalue weighted by atomic mass is 9.84. The predicted octanol–water partition coefficient (Wildman–Crippen LogP) is 3.31. The second-order valence-corrected chi connectivity index (χ2v) is 7.16. The van der Waals surface area contributed by atoms with Crippen LogP contribution in [0.5, 0.6) is 0 Å². The summed E-state index contributed by atoms with van der Waals surface area (Å²) in [7, 11) is 0. The minimum atomic E-state index is -4.38.